The number of nitriles is 1. The summed E-state index contributed by atoms with van der Waals surface area (Å²) in [5.41, 5.74) is 1.80. The van der Waals surface area contributed by atoms with Crippen LogP contribution in [0.4, 0.5) is 0 Å². The number of aromatic nitrogens is 1. The van der Waals surface area contributed by atoms with Gasteiger partial charge < -0.3 is 10.0 Å². The van der Waals surface area contributed by atoms with Gasteiger partial charge in [-0.1, -0.05) is 5.92 Å². The van der Waals surface area contributed by atoms with E-state index in [4.69, 9.17) is 15.3 Å². The Bertz CT molecular complexity index is 707. The molecule has 0 aliphatic heterocycles. The van der Waals surface area contributed by atoms with E-state index in [0.717, 1.165) is 5.01 Å². The van der Waals surface area contributed by atoms with Gasteiger partial charge in [-0.2, -0.15) is 5.26 Å². The van der Waals surface area contributed by atoms with Crippen molar-refractivity contribution in [1.29, 1.82) is 5.26 Å². The van der Waals surface area contributed by atoms with Gasteiger partial charge in [0.05, 0.1) is 16.6 Å². The molecule has 19 heavy (non-hydrogen) atoms. The zero-order valence-corrected chi connectivity index (χ0v) is 10.9. The van der Waals surface area contributed by atoms with Crippen LogP contribution in [0.1, 0.15) is 21.8 Å². The fourth-order valence-electron chi connectivity index (χ4n) is 1.49. The van der Waals surface area contributed by atoms with Crippen molar-refractivity contribution in [2.45, 2.75) is 6.92 Å². The Balaban J connectivity index is 2.38. The maximum atomic E-state index is 9.14. The van der Waals surface area contributed by atoms with E-state index in [1.165, 1.54) is 23.5 Å². The van der Waals surface area contributed by atoms with E-state index < -0.39 is 7.12 Å². The predicted molar refractivity (Wildman–Crippen MR) is 73.8 cm³/mol. The summed E-state index contributed by atoms with van der Waals surface area (Å²) < 4.78 is 0. The molecule has 4 nitrogen and oxygen atoms in total. The fraction of sp³-hybridized carbons (Fsp3) is 0.0769. The number of hydrogen-bond donors (Lipinski definition) is 2. The smallest absolute Gasteiger partial charge is 0.423 e. The molecule has 0 radical (unpaired) electrons. The molecule has 0 aliphatic carbocycles. The zero-order valence-electron chi connectivity index (χ0n) is 10.1. The summed E-state index contributed by atoms with van der Waals surface area (Å²) in [6.45, 7) is 1.90. The van der Waals surface area contributed by atoms with Gasteiger partial charge in [0.1, 0.15) is 5.69 Å². The number of aryl methyl sites for hydroxylation is 1. The molecule has 0 saturated carbocycles. The molecule has 0 spiro atoms. The van der Waals surface area contributed by atoms with Gasteiger partial charge >= 0.3 is 7.12 Å². The SMILES string of the molecule is Cc1nc(C#Cc2cc(C#N)cc(B(O)O)c2)cs1. The second-order valence-electron chi connectivity index (χ2n) is 3.83. The summed E-state index contributed by atoms with van der Waals surface area (Å²) in [5, 5.41) is 30.0. The molecular formula is C13H9BN2O2S. The van der Waals surface area contributed by atoms with Crippen LogP contribution in [0.15, 0.2) is 23.6 Å². The number of benzene rings is 1. The zero-order chi connectivity index (χ0) is 13.8. The Kier molecular flexibility index (Phi) is 3.98. The van der Waals surface area contributed by atoms with Crippen LogP contribution in [0.3, 0.4) is 0 Å². The highest BCUT2D eigenvalue weighted by Crippen LogP contribution is 2.07. The van der Waals surface area contributed by atoms with Gasteiger partial charge in [0.2, 0.25) is 0 Å². The molecule has 0 aliphatic rings. The van der Waals surface area contributed by atoms with E-state index in [1.807, 2.05) is 18.4 Å². The summed E-state index contributed by atoms with van der Waals surface area (Å²) in [7, 11) is -1.62. The minimum atomic E-state index is -1.62. The minimum Gasteiger partial charge on any atom is -0.423 e. The Morgan fingerprint density at radius 3 is 2.53 bits per heavy atom. The number of nitrogens with zero attached hydrogens (tertiary/aromatic N) is 2. The normalized spacial score (nSPS) is 9.37. The van der Waals surface area contributed by atoms with E-state index in [0.29, 0.717) is 16.8 Å². The lowest BCUT2D eigenvalue weighted by molar-refractivity contribution is 0.426. The molecule has 0 amide bonds. The molecule has 0 atom stereocenters. The van der Waals surface area contributed by atoms with Gasteiger partial charge in [-0.25, -0.2) is 4.98 Å². The van der Waals surface area contributed by atoms with E-state index in [9.17, 15) is 0 Å². The molecule has 0 saturated heterocycles. The first kappa shape index (κ1) is 13.3. The van der Waals surface area contributed by atoms with Crippen molar-refractivity contribution in [2.75, 3.05) is 0 Å². The van der Waals surface area contributed by atoms with Crippen LogP contribution in [-0.4, -0.2) is 22.2 Å². The fourth-order valence-corrected chi connectivity index (χ4v) is 2.04. The highest BCUT2D eigenvalue weighted by molar-refractivity contribution is 7.09. The lowest BCUT2D eigenvalue weighted by Gasteiger charge is -2.00. The van der Waals surface area contributed by atoms with Crippen LogP contribution in [0, 0.1) is 30.1 Å². The second-order valence-corrected chi connectivity index (χ2v) is 4.89. The van der Waals surface area contributed by atoms with Crippen molar-refractivity contribution >= 4 is 23.9 Å². The maximum absolute atomic E-state index is 9.14. The maximum Gasteiger partial charge on any atom is 0.488 e. The standard InChI is InChI=1S/C13H9BN2O2S/c1-9-16-13(8-19-9)3-2-10-4-11(7-15)6-12(5-10)14(17)18/h4-6,8,17-18H,1H3. The molecule has 0 unspecified atom stereocenters. The van der Waals surface area contributed by atoms with Crippen LogP contribution in [0.2, 0.25) is 0 Å². The first-order valence-corrected chi connectivity index (χ1v) is 6.32. The monoisotopic (exact) mass is 268 g/mol. The Labute approximate surface area is 115 Å². The third kappa shape index (κ3) is 3.43. The molecule has 0 bridgehead atoms. The van der Waals surface area contributed by atoms with Crippen LogP contribution in [-0.2, 0) is 0 Å². The lowest BCUT2D eigenvalue weighted by atomic mass is 9.79. The Morgan fingerprint density at radius 1 is 1.21 bits per heavy atom. The molecular weight excluding hydrogens is 259 g/mol. The van der Waals surface area contributed by atoms with Gasteiger partial charge in [0, 0.05) is 10.9 Å². The molecule has 2 rings (SSSR count). The number of rotatable bonds is 1. The van der Waals surface area contributed by atoms with Crippen LogP contribution in [0.5, 0.6) is 0 Å². The molecule has 2 N–H and O–H groups in total. The van der Waals surface area contributed by atoms with Crippen molar-refractivity contribution in [2.24, 2.45) is 0 Å². The average Bonchev–Trinajstić information content (AvgIpc) is 2.81. The molecule has 92 valence electrons. The first-order valence-electron chi connectivity index (χ1n) is 5.44. The Morgan fingerprint density at radius 2 is 1.95 bits per heavy atom. The van der Waals surface area contributed by atoms with Crippen molar-refractivity contribution < 1.29 is 10.0 Å². The van der Waals surface area contributed by atoms with E-state index in [2.05, 4.69) is 16.8 Å². The van der Waals surface area contributed by atoms with Crippen molar-refractivity contribution in [3.05, 3.63) is 45.4 Å². The third-order valence-electron chi connectivity index (χ3n) is 2.34. The minimum absolute atomic E-state index is 0.248. The van der Waals surface area contributed by atoms with Crippen LogP contribution >= 0.6 is 11.3 Å². The largest absolute Gasteiger partial charge is 0.488 e. The topological polar surface area (TPSA) is 77.1 Å². The van der Waals surface area contributed by atoms with Crippen molar-refractivity contribution in [3.8, 4) is 17.9 Å². The van der Waals surface area contributed by atoms with Gasteiger partial charge in [-0.3, -0.25) is 0 Å². The molecule has 0 fully saturated rings. The number of thiazole rings is 1. The summed E-state index contributed by atoms with van der Waals surface area (Å²) >= 11 is 1.51. The van der Waals surface area contributed by atoms with Gasteiger partial charge in [0.25, 0.3) is 0 Å². The number of hydrogen-bond acceptors (Lipinski definition) is 5. The molecule has 1 aromatic carbocycles. The van der Waals surface area contributed by atoms with Crippen LogP contribution < -0.4 is 5.46 Å². The lowest BCUT2D eigenvalue weighted by Crippen LogP contribution is -2.30. The van der Waals surface area contributed by atoms with Crippen molar-refractivity contribution in [3.63, 3.8) is 0 Å². The summed E-state index contributed by atoms with van der Waals surface area (Å²) in [4.78, 5) is 4.21. The van der Waals surface area contributed by atoms with E-state index in [-0.39, 0.29) is 5.46 Å². The highest BCUT2D eigenvalue weighted by atomic mass is 32.1. The average molecular weight is 268 g/mol. The quantitative estimate of drug-likeness (QED) is 0.580. The predicted octanol–water partition coefficient (Wildman–Crippen LogP) is 0.403. The van der Waals surface area contributed by atoms with Gasteiger partial charge in [0.15, 0.2) is 0 Å². The summed E-state index contributed by atoms with van der Waals surface area (Å²) in [6, 6.07) is 6.52. The molecule has 1 aromatic heterocycles. The van der Waals surface area contributed by atoms with Crippen molar-refractivity contribution in [1.82, 2.24) is 4.98 Å². The first-order chi connectivity index (χ1) is 9.08. The summed E-state index contributed by atoms with van der Waals surface area (Å²) in [5.74, 6) is 5.74. The van der Waals surface area contributed by atoms with Gasteiger partial charge in [-0.15, -0.1) is 11.3 Å². The third-order valence-corrected chi connectivity index (χ3v) is 3.11. The molecule has 2 aromatic rings. The second kappa shape index (κ2) is 5.68. The highest BCUT2D eigenvalue weighted by Gasteiger charge is 2.12. The van der Waals surface area contributed by atoms with E-state index in [1.54, 1.807) is 6.07 Å². The van der Waals surface area contributed by atoms with Crippen LogP contribution in [0.25, 0.3) is 0 Å². The Hall–Kier alpha value is -2.12. The summed E-state index contributed by atoms with van der Waals surface area (Å²) in [6.07, 6.45) is 0. The van der Waals surface area contributed by atoms with E-state index >= 15 is 0 Å². The molecule has 6 heteroatoms. The van der Waals surface area contributed by atoms with Gasteiger partial charge in [-0.05, 0) is 36.5 Å². The molecule has 1 heterocycles.